The molecule has 1 aromatic rings. The van der Waals surface area contributed by atoms with Gasteiger partial charge in [-0.3, -0.25) is 0 Å². The van der Waals surface area contributed by atoms with Crippen molar-refractivity contribution >= 4 is 6.72 Å². The Kier molecular flexibility index (Phi) is 3.71. The Balaban J connectivity index is 2.55. The van der Waals surface area contributed by atoms with Gasteiger partial charge in [0.25, 0.3) is 0 Å². The van der Waals surface area contributed by atoms with Crippen molar-refractivity contribution in [1.29, 1.82) is 0 Å². The Morgan fingerprint density at radius 1 is 1.23 bits per heavy atom. The van der Waals surface area contributed by atoms with Gasteiger partial charge in [0.05, 0.1) is 0 Å². The molecule has 1 heteroatoms. The topological polar surface area (TPSA) is 3.01 Å². The van der Waals surface area contributed by atoms with Crippen LogP contribution in [0.15, 0.2) is 55.3 Å². The summed E-state index contributed by atoms with van der Waals surface area (Å²) < 4.78 is 1.87. The molecule has 0 heterocycles. The molecule has 0 radical (unpaired) electrons. The van der Waals surface area contributed by atoms with Crippen LogP contribution in [-0.4, -0.2) is 11.3 Å². The van der Waals surface area contributed by atoms with Crippen LogP contribution in [0.5, 0.6) is 0 Å². The first-order valence-corrected chi connectivity index (χ1v) is 4.23. The molecule has 0 spiro atoms. The minimum Gasteiger partial charge on any atom is -0.207 e. The fraction of sp³-hybridized carbons (Fsp3) is 0.0833. The maximum atomic E-state index is 3.87. The summed E-state index contributed by atoms with van der Waals surface area (Å²) in [6, 6.07) is 10.2. The van der Waals surface area contributed by atoms with Crippen LogP contribution in [0, 0.1) is 0 Å². The van der Waals surface area contributed by atoms with Gasteiger partial charge in [-0.25, -0.2) is 4.58 Å². The highest BCUT2D eigenvalue weighted by Gasteiger charge is 1.96. The van der Waals surface area contributed by atoms with Gasteiger partial charge in [-0.15, -0.1) is 0 Å². The predicted molar refractivity (Wildman–Crippen MR) is 56.9 cm³/mol. The second-order valence-electron chi connectivity index (χ2n) is 2.81. The molecule has 0 saturated carbocycles. The van der Waals surface area contributed by atoms with E-state index in [-0.39, 0.29) is 0 Å². The molecule has 66 valence electrons. The molecule has 1 nitrogen and oxygen atoms in total. The van der Waals surface area contributed by atoms with E-state index in [4.69, 9.17) is 0 Å². The van der Waals surface area contributed by atoms with Crippen molar-refractivity contribution in [3.63, 3.8) is 0 Å². The Morgan fingerprint density at radius 2 is 1.92 bits per heavy atom. The third-order valence-electron chi connectivity index (χ3n) is 1.66. The van der Waals surface area contributed by atoms with Gasteiger partial charge in [-0.2, -0.15) is 0 Å². The summed E-state index contributed by atoms with van der Waals surface area (Å²) in [5, 5.41) is 0. The molecule has 13 heavy (non-hydrogen) atoms. The summed E-state index contributed by atoms with van der Waals surface area (Å²) in [4.78, 5) is 0. The number of nitrogens with zero attached hydrogens (tertiary/aromatic N) is 1. The van der Waals surface area contributed by atoms with Crippen molar-refractivity contribution in [1.82, 2.24) is 0 Å². The third kappa shape index (κ3) is 3.52. The molecule has 0 amide bonds. The molecule has 0 aliphatic heterocycles. The first-order chi connectivity index (χ1) is 6.33. The molecular weight excluding hydrogens is 158 g/mol. The Hall–Kier alpha value is -1.63. The summed E-state index contributed by atoms with van der Waals surface area (Å²) in [5.74, 6) is 0. The maximum absolute atomic E-state index is 3.87. The van der Waals surface area contributed by atoms with Crippen LogP contribution in [-0.2, 0) is 6.54 Å². The van der Waals surface area contributed by atoms with Crippen molar-refractivity contribution in [2.45, 2.75) is 6.54 Å². The zero-order valence-corrected chi connectivity index (χ0v) is 7.69. The Bertz CT molecular complexity index is 309. The van der Waals surface area contributed by atoms with Crippen LogP contribution in [0.1, 0.15) is 5.56 Å². The number of hydrogen-bond donors (Lipinski definition) is 0. The quantitative estimate of drug-likeness (QED) is 0.373. The van der Waals surface area contributed by atoms with Crippen molar-refractivity contribution in [2.75, 3.05) is 0 Å². The molecule has 0 N–H and O–H groups in total. The molecule has 0 unspecified atom stereocenters. The van der Waals surface area contributed by atoms with Crippen LogP contribution in [0.3, 0.4) is 0 Å². The zero-order chi connectivity index (χ0) is 9.52. The Morgan fingerprint density at radius 3 is 2.54 bits per heavy atom. The lowest BCUT2D eigenvalue weighted by Gasteiger charge is -1.95. The Labute approximate surface area is 79.3 Å². The summed E-state index contributed by atoms with van der Waals surface area (Å²) >= 11 is 0. The largest absolute Gasteiger partial charge is 0.207 e. The van der Waals surface area contributed by atoms with E-state index < -0.39 is 0 Å². The SMILES string of the molecule is C=C/C=C\[N+](=C)Cc1ccccc1. The standard InChI is InChI=1S/C12H14N/c1-3-4-10-13(2)11-12-8-6-5-7-9-12/h3-10H,1-2,11H2/q+1/b10-4-. The van der Waals surface area contributed by atoms with Gasteiger partial charge < -0.3 is 0 Å². The van der Waals surface area contributed by atoms with Gasteiger partial charge >= 0.3 is 0 Å². The molecule has 0 saturated heterocycles. The fourth-order valence-electron chi connectivity index (χ4n) is 1.05. The molecule has 0 fully saturated rings. The molecule has 0 aliphatic rings. The average Bonchev–Trinajstić information content (AvgIpc) is 2.16. The highest BCUT2D eigenvalue weighted by molar-refractivity contribution is 5.18. The van der Waals surface area contributed by atoms with Crippen molar-refractivity contribution in [3.8, 4) is 0 Å². The summed E-state index contributed by atoms with van der Waals surface area (Å²) in [6.07, 6.45) is 5.51. The van der Waals surface area contributed by atoms with E-state index in [1.807, 2.05) is 35.1 Å². The van der Waals surface area contributed by atoms with E-state index in [1.54, 1.807) is 6.08 Å². The maximum Gasteiger partial charge on any atom is 0.173 e. The molecule has 0 atom stereocenters. The van der Waals surface area contributed by atoms with Crippen LogP contribution in [0.25, 0.3) is 0 Å². The van der Waals surface area contributed by atoms with E-state index in [2.05, 4.69) is 25.4 Å². The van der Waals surface area contributed by atoms with E-state index in [0.29, 0.717) is 0 Å². The van der Waals surface area contributed by atoms with Crippen LogP contribution in [0.2, 0.25) is 0 Å². The monoisotopic (exact) mass is 172 g/mol. The van der Waals surface area contributed by atoms with Gasteiger partial charge in [0.2, 0.25) is 0 Å². The summed E-state index contributed by atoms with van der Waals surface area (Å²) in [5.41, 5.74) is 1.26. The second-order valence-corrected chi connectivity index (χ2v) is 2.81. The van der Waals surface area contributed by atoms with E-state index >= 15 is 0 Å². The van der Waals surface area contributed by atoms with Crippen molar-refractivity contribution in [2.24, 2.45) is 0 Å². The predicted octanol–water partition coefficient (Wildman–Crippen LogP) is 2.60. The number of hydrogen-bond acceptors (Lipinski definition) is 0. The lowest BCUT2D eigenvalue weighted by atomic mass is 10.2. The normalized spacial score (nSPS) is 10.2. The molecule has 0 aliphatic carbocycles. The molecule has 0 bridgehead atoms. The minimum atomic E-state index is 0.825. The third-order valence-corrected chi connectivity index (χ3v) is 1.66. The van der Waals surface area contributed by atoms with Gasteiger partial charge in [-0.1, -0.05) is 43.0 Å². The van der Waals surface area contributed by atoms with Gasteiger partial charge in [-0.05, 0) is 0 Å². The smallest absolute Gasteiger partial charge is 0.173 e. The van der Waals surface area contributed by atoms with Crippen molar-refractivity contribution in [3.05, 3.63) is 60.8 Å². The lowest BCUT2D eigenvalue weighted by Crippen LogP contribution is -2.00. The van der Waals surface area contributed by atoms with Crippen LogP contribution in [0.4, 0.5) is 0 Å². The number of rotatable bonds is 4. The highest BCUT2D eigenvalue weighted by Crippen LogP contribution is 1.99. The highest BCUT2D eigenvalue weighted by atomic mass is 14.9. The first-order valence-electron chi connectivity index (χ1n) is 4.23. The number of benzene rings is 1. The second kappa shape index (κ2) is 5.09. The lowest BCUT2D eigenvalue weighted by molar-refractivity contribution is -0.464. The summed E-state index contributed by atoms with van der Waals surface area (Å²) in [7, 11) is 0. The number of allylic oxidation sites excluding steroid dienone is 2. The zero-order valence-electron chi connectivity index (χ0n) is 7.69. The van der Waals surface area contributed by atoms with E-state index in [9.17, 15) is 0 Å². The van der Waals surface area contributed by atoms with Gasteiger partial charge in [0.15, 0.2) is 12.7 Å². The first kappa shape index (κ1) is 9.46. The van der Waals surface area contributed by atoms with Gasteiger partial charge in [0, 0.05) is 11.6 Å². The fourth-order valence-corrected chi connectivity index (χ4v) is 1.05. The van der Waals surface area contributed by atoms with Gasteiger partial charge in [0.1, 0.15) is 6.72 Å². The molecule has 0 aromatic heterocycles. The van der Waals surface area contributed by atoms with Crippen molar-refractivity contribution < 1.29 is 4.58 Å². The van der Waals surface area contributed by atoms with E-state index in [0.717, 1.165) is 6.54 Å². The minimum absolute atomic E-state index is 0.825. The van der Waals surface area contributed by atoms with Crippen LogP contribution < -0.4 is 0 Å². The van der Waals surface area contributed by atoms with E-state index in [1.165, 1.54) is 5.56 Å². The molecular formula is C12H14N+. The van der Waals surface area contributed by atoms with Crippen LogP contribution >= 0.6 is 0 Å². The summed E-state index contributed by atoms with van der Waals surface area (Å²) in [6.45, 7) is 8.29. The molecule has 1 aromatic carbocycles. The molecule has 1 rings (SSSR count). The average molecular weight is 172 g/mol.